The number of rotatable bonds is 3. The quantitative estimate of drug-likeness (QED) is 0.879. The SMILES string of the molecule is CCc1cn(-c2cc(F)cc(F)c2F)nc(C(=O)O)c1=O. The predicted octanol–water partition coefficient (Wildman–Crippen LogP) is 1.91. The van der Waals surface area contributed by atoms with E-state index in [4.69, 9.17) is 5.11 Å². The first kappa shape index (κ1) is 14.8. The Morgan fingerprint density at radius 2 is 2.00 bits per heavy atom. The maximum Gasteiger partial charge on any atom is 0.360 e. The molecule has 0 atom stereocenters. The molecule has 1 aromatic heterocycles. The van der Waals surface area contributed by atoms with Crippen LogP contribution >= 0.6 is 0 Å². The highest BCUT2D eigenvalue weighted by atomic mass is 19.2. The lowest BCUT2D eigenvalue weighted by atomic mass is 10.2. The fraction of sp³-hybridized carbons (Fsp3) is 0.154. The average Bonchev–Trinajstić information content (AvgIpc) is 2.42. The number of carboxylic acids is 1. The second-order valence-electron chi connectivity index (χ2n) is 4.16. The van der Waals surface area contributed by atoms with E-state index in [9.17, 15) is 22.8 Å². The number of aromatic carboxylic acids is 1. The molecular formula is C13H9F3N2O3. The molecule has 0 spiro atoms. The normalized spacial score (nSPS) is 10.7. The van der Waals surface area contributed by atoms with E-state index in [2.05, 4.69) is 5.10 Å². The Hall–Kier alpha value is -2.64. The first-order valence-electron chi connectivity index (χ1n) is 5.86. The molecule has 0 saturated carbocycles. The number of hydrogen-bond acceptors (Lipinski definition) is 3. The van der Waals surface area contributed by atoms with Gasteiger partial charge in [0.1, 0.15) is 11.5 Å². The van der Waals surface area contributed by atoms with Crippen molar-refractivity contribution in [3.8, 4) is 5.69 Å². The van der Waals surface area contributed by atoms with Crippen LogP contribution < -0.4 is 5.43 Å². The summed E-state index contributed by atoms with van der Waals surface area (Å²) in [4.78, 5) is 22.7. The van der Waals surface area contributed by atoms with Crippen molar-refractivity contribution in [2.75, 3.05) is 0 Å². The number of aromatic nitrogens is 2. The fourth-order valence-corrected chi connectivity index (χ4v) is 1.76. The Balaban J connectivity index is 2.79. The maximum atomic E-state index is 13.7. The molecule has 0 fully saturated rings. The smallest absolute Gasteiger partial charge is 0.360 e. The van der Waals surface area contributed by atoms with Crippen LogP contribution in [0.5, 0.6) is 0 Å². The van der Waals surface area contributed by atoms with Crippen LogP contribution in [0.25, 0.3) is 5.69 Å². The summed E-state index contributed by atoms with van der Waals surface area (Å²) in [6.45, 7) is 1.58. The lowest BCUT2D eigenvalue weighted by molar-refractivity contribution is 0.0686. The fourth-order valence-electron chi connectivity index (χ4n) is 1.76. The van der Waals surface area contributed by atoms with Gasteiger partial charge in [-0.15, -0.1) is 0 Å². The zero-order valence-corrected chi connectivity index (χ0v) is 10.7. The molecule has 0 aliphatic carbocycles. The second-order valence-corrected chi connectivity index (χ2v) is 4.16. The lowest BCUT2D eigenvalue weighted by Crippen LogP contribution is -2.25. The molecule has 1 N–H and O–H groups in total. The van der Waals surface area contributed by atoms with Crippen molar-refractivity contribution < 1.29 is 23.1 Å². The number of nitrogens with zero attached hydrogens (tertiary/aromatic N) is 2. The van der Waals surface area contributed by atoms with Crippen molar-refractivity contribution in [2.45, 2.75) is 13.3 Å². The van der Waals surface area contributed by atoms with Crippen molar-refractivity contribution in [3.05, 3.63) is 57.3 Å². The molecule has 2 aromatic rings. The minimum Gasteiger partial charge on any atom is -0.476 e. The maximum absolute atomic E-state index is 13.7. The Bertz CT molecular complexity index is 787. The Kier molecular flexibility index (Phi) is 3.79. The van der Waals surface area contributed by atoms with E-state index < -0.39 is 40.2 Å². The average molecular weight is 298 g/mol. The highest BCUT2D eigenvalue weighted by Gasteiger charge is 2.19. The van der Waals surface area contributed by atoms with E-state index >= 15 is 0 Å². The van der Waals surface area contributed by atoms with Gasteiger partial charge in [-0.2, -0.15) is 5.10 Å². The molecule has 2 rings (SSSR count). The van der Waals surface area contributed by atoms with Gasteiger partial charge in [0.15, 0.2) is 11.6 Å². The molecule has 0 unspecified atom stereocenters. The minimum absolute atomic E-state index is 0.0338. The highest BCUT2D eigenvalue weighted by Crippen LogP contribution is 2.18. The molecule has 8 heteroatoms. The van der Waals surface area contributed by atoms with E-state index in [1.165, 1.54) is 0 Å². The van der Waals surface area contributed by atoms with Crippen molar-refractivity contribution in [1.82, 2.24) is 9.78 Å². The Labute approximate surface area is 116 Å². The summed E-state index contributed by atoms with van der Waals surface area (Å²) in [7, 11) is 0. The zero-order valence-electron chi connectivity index (χ0n) is 10.7. The van der Waals surface area contributed by atoms with Crippen LogP contribution in [0.15, 0.2) is 23.1 Å². The summed E-state index contributed by atoms with van der Waals surface area (Å²) in [5.41, 5.74) is -2.26. The predicted molar refractivity (Wildman–Crippen MR) is 66.0 cm³/mol. The van der Waals surface area contributed by atoms with E-state index in [0.29, 0.717) is 16.8 Å². The Morgan fingerprint density at radius 3 is 2.57 bits per heavy atom. The van der Waals surface area contributed by atoms with Gasteiger partial charge in [-0.3, -0.25) is 4.79 Å². The van der Waals surface area contributed by atoms with Gasteiger partial charge in [-0.1, -0.05) is 6.92 Å². The lowest BCUT2D eigenvalue weighted by Gasteiger charge is -2.10. The molecule has 0 saturated heterocycles. The molecule has 0 bridgehead atoms. The van der Waals surface area contributed by atoms with Gasteiger partial charge in [0.25, 0.3) is 0 Å². The van der Waals surface area contributed by atoms with Crippen molar-refractivity contribution >= 4 is 5.97 Å². The van der Waals surface area contributed by atoms with E-state index in [1.807, 2.05) is 0 Å². The molecule has 110 valence electrons. The van der Waals surface area contributed by atoms with Gasteiger partial charge in [0, 0.05) is 23.9 Å². The zero-order chi connectivity index (χ0) is 15.7. The standard InChI is InChI=1S/C13H9F3N2O3/c1-2-6-5-18(17-11(12(6)19)13(20)21)9-4-7(14)3-8(15)10(9)16/h3-5H,2H2,1H3,(H,20,21). The summed E-state index contributed by atoms with van der Waals surface area (Å²) >= 11 is 0. The van der Waals surface area contributed by atoms with Crippen molar-refractivity contribution in [3.63, 3.8) is 0 Å². The molecule has 1 heterocycles. The number of aryl methyl sites for hydroxylation is 1. The molecule has 21 heavy (non-hydrogen) atoms. The Morgan fingerprint density at radius 1 is 1.33 bits per heavy atom. The molecule has 0 aliphatic heterocycles. The van der Waals surface area contributed by atoms with Gasteiger partial charge < -0.3 is 5.11 Å². The van der Waals surface area contributed by atoms with Gasteiger partial charge in [0.2, 0.25) is 11.1 Å². The van der Waals surface area contributed by atoms with Crippen molar-refractivity contribution in [1.29, 1.82) is 0 Å². The summed E-state index contributed by atoms with van der Waals surface area (Å²) in [5, 5.41) is 12.3. The third-order valence-corrected chi connectivity index (χ3v) is 2.80. The van der Waals surface area contributed by atoms with E-state index in [1.54, 1.807) is 6.92 Å². The molecule has 0 radical (unpaired) electrons. The first-order valence-corrected chi connectivity index (χ1v) is 5.86. The topological polar surface area (TPSA) is 72.2 Å². The van der Waals surface area contributed by atoms with Crippen LogP contribution in [0, 0.1) is 17.5 Å². The number of hydrogen-bond donors (Lipinski definition) is 1. The van der Waals surface area contributed by atoms with Gasteiger partial charge in [-0.25, -0.2) is 22.6 Å². The van der Waals surface area contributed by atoms with E-state index in [0.717, 1.165) is 6.20 Å². The minimum atomic E-state index is -1.61. The first-order chi connectivity index (χ1) is 9.85. The van der Waals surface area contributed by atoms with Gasteiger partial charge in [-0.05, 0) is 6.42 Å². The molecule has 5 nitrogen and oxygen atoms in total. The largest absolute Gasteiger partial charge is 0.476 e. The molecule has 1 aromatic carbocycles. The summed E-state index contributed by atoms with van der Waals surface area (Å²) < 4.78 is 40.8. The molecular weight excluding hydrogens is 289 g/mol. The molecule has 0 aliphatic rings. The third-order valence-electron chi connectivity index (χ3n) is 2.80. The number of halogens is 3. The van der Waals surface area contributed by atoms with Crippen LogP contribution in [-0.4, -0.2) is 20.9 Å². The van der Waals surface area contributed by atoms with Crippen molar-refractivity contribution in [2.24, 2.45) is 0 Å². The van der Waals surface area contributed by atoms with E-state index in [-0.39, 0.29) is 12.0 Å². The highest BCUT2D eigenvalue weighted by molar-refractivity contribution is 5.85. The van der Waals surface area contributed by atoms with Crippen LogP contribution in [0.1, 0.15) is 23.0 Å². The summed E-state index contributed by atoms with van der Waals surface area (Å²) in [6, 6.07) is 1.00. The van der Waals surface area contributed by atoms with Crippen LogP contribution in [-0.2, 0) is 6.42 Å². The van der Waals surface area contributed by atoms with Gasteiger partial charge >= 0.3 is 5.97 Å². The number of benzene rings is 1. The van der Waals surface area contributed by atoms with Crippen LogP contribution in [0.4, 0.5) is 13.2 Å². The van der Waals surface area contributed by atoms with Crippen LogP contribution in [0.3, 0.4) is 0 Å². The van der Waals surface area contributed by atoms with Gasteiger partial charge in [0.05, 0.1) is 0 Å². The van der Waals surface area contributed by atoms with Crippen LogP contribution in [0.2, 0.25) is 0 Å². The second kappa shape index (κ2) is 5.39. The summed E-state index contributed by atoms with van der Waals surface area (Å²) in [5.74, 6) is -5.51. The molecule has 0 amide bonds. The number of carboxylic acid groups (broad SMARTS) is 1. The monoisotopic (exact) mass is 298 g/mol. The number of carbonyl (C=O) groups is 1. The third kappa shape index (κ3) is 2.64. The summed E-state index contributed by atoms with van der Waals surface area (Å²) in [6.07, 6.45) is 1.20.